The maximum atomic E-state index is 11.7. The number of carboxylic acids is 1. The number of benzene rings is 1. The van der Waals surface area contributed by atoms with Crippen molar-refractivity contribution < 1.29 is 23.1 Å². The van der Waals surface area contributed by atoms with Crippen LogP contribution in [0.1, 0.15) is 6.42 Å². The number of hydrogen-bond donors (Lipinski definition) is 1. The molecule has 0 aliphatic heterocycles. The largest absolute Gasteiger partial charge is 0.495 e. The van der Waals surface area contributed by atoms with Crippen molar-refractivity contribution in [2.45, 2.75) is 11.3 Å². The summed E-state index contributed by atoms with van der Waals surface area (Å²) in [5.74, 6) is -1.25. The Bertz CT molecular complexity index is 523. The second kappa shape index (κ2) is 5.37. The molecule has 5 nitrogen and oxygen atoms in total. The van der Waals surface area contributed by atoms with Crippen LogP contribution in [-0.4, -0.2) is 32.4 Å². The Balaban J connectivity index is 2.99. The number of rotatable bonds is 5. The van der Waals surface area contributed by atoms with Crippen molar-refractivity contribution in [3.05, 3.63) is 23.2 Å². The Labute approximate surface area is 104 Å². The molecule has 94 valence electrons. The van der Waals surface area contributed by atoms with Crippen molar-refractivity contribution >= 4 is 27.4 Å². The summed E-state index contributed by atoms with van der Waals surface area (Å²) >= 11 is 5.79. The number of ether oxygens (including phenoxy) is 1. The van der Waals surface area contributed by atoms with Crippen molar-refractivity contribution in [2.24, 2.45) is 0 Å². The van der Waals surface area contributed by atoms with Gasteiger partial charge in [0.25, 0.3) is 0 Å². The third kappa shape index (κ3) is 3.61. The predicted octanol–water partition coefficient (Wildman–Crippen LogP) is 1.60. The molecule has 7 heteroatoms. The average molecular weight is 279 g/mol. The first-order chi connectivity index (χ1) is 7.86. The van der Waals surface area contributed by atoms with Crippen LogP contribution >= 0.6 is 11.6 Å². The van der Waals surface area contributed by atoms with E-state index in [4.69, 9.17) is 21.4 Å². The SMILES string of the molecule is COc1ccc(S(=O)(=O)CCC(=O)O)cc1Cl. The van der Waals surface area contributed by atoms with E-state index in [2.05, 4.69) is 0 Å². The standard InChI is InChI=1S/C10H11ClO5S/c1-16-9-3-2-7(6-8(9)11)17(14,15)5-4-10(12)13/h2-3,6H,4-5H2,1H3,(H,12,13). The molecule has 1 N–H and O–H groups in total. The van der Waals surface area contributed by atoms with Crippen molar-refractivity contribution in [3.8, 4) is 5.75 Å². The molecule has 1 rings (SSSR count). The molecule has 0 bridgehead atoms. The number of methoxy groups -OCH3 is 1. The van der Waals surface area contributed by atoms with Gasteiger partial charge in [0.15, 0.2) is 9.84 Å². The Morgan fingerprint density at radius 3 is 2.59 bits per heavy atom. The second-order valence-corrected chi connectivity index (χ2v) is 5.78. The number of aliphatic carboxylic acids is 1. The summed E-state index contributed by atoms with van der Waals surface area (Å²) in [6.07, 6.45) is -0.439. The van der Waals surface area contributed by atoms with E-state index in [1.54, 1.807) is 0 Å². The highest BCUT2D eigenvalue weighted by Crippen LogP contribution is 2.27. The van der Waals surface area contributed by atoms with Gasteiger partial charge in [-0.05, 0) is 18.2 Å². The van der Waals surface area contributed by atoms with E-state index in [0.29, 0.717) is 5.75 Å². The molecule has 0 atom stereocenters. The quantitative estimate of drug-likeness (QED) is 0.885. The third-order valence-electron chi connectivity index (χ3n) is 2.07. The van der Waals surface area contributed by atoms with Gasteiger partial charge in [-0.15, -0.1) is 0 Å². The lowest BCUT2D eigenvalue weighted by Gasteiger charge is -2.06. The number of sulfone groups is 1. The van der Waals surface area contributed by atoms with E-state index in [9.17, 15) is 13.2 Å². The Kier molecular flexibility index (Phi) is 4.36. The molecule has 0 saturated heterocycles. The highest BCUT2D eigenvalue weighted by atomic mass is 35.5. The molecule has 0 spiro atoms. The van der Waals surface area contributed by atoms with Crippen LogP contribution in [0.25, 0.3) is 0 Å². The molecule has 0 amide bonds. The zero-order chi connectivity index (χ0) is 13.1. The lowest BCUT2D eigenvalue weighted by Crippen LogP contribution is -2.11. The zero-order valence-electron chi connectivity index (χ0n) is 9.01. The lowest BCUT2D eigenvalue weighted by atomic mass is 10.3. The highest BCUT2D eigenvalue weighted by molar-refractivity contribution is 7.91. The van der Waals surface area contributed by atoms with Crippen LogP contribution in [0.5, 0.6) is 5.75 Å². The van der Waals surface area contributed by atoms with Crippen LogP contribution < -0.4 is 4.74 Å². The summed E-state index contributed by atoms with van der Waals surface area (Å²) in [5.41, 5.74) is 0. The lowest BCUT2D eigenvalue weighted by molar-refractivity contribution is -0.136. The summed E-state index contributed by atoms with van der Waals surface area (Å²) in [6.45, 7) is 0. The average Bonchev–Trinajstić information content (AvgIpc) is 2.26. The molecule has 0 unspecified atom stereocenters. The first-order valence-electron chi connectivity index (χ1n) is 4.65. The fraction of sp³-hybridized carbons (Fsp3) is 0.300. The molecule has 0 aliphatic carbocycles. The normalized spacial score (nSPS) is 11.2. The Hall–Kier alpha value is -1.27. The van der Waals surface area contributed by atoms with Crippen LogP contribution in [0.4, 0.5) is 0 Å². The fourth-order valence-corrected chi connectivity index (χ4v) is 2.75. The Morgan fingerprint density at radius 1 is 1.47 bits per heavy atom. The van der Waals surface area contributed by atoms with Gasteiger partial charge in [0.1, 0.15) is 5.75 Å². The van der Waals surface area contributed by atoms with Gasteiger partial charge >= 0.3 is 5.97 Å². The summed E-state index contributed by atoms with van der Waals surface area (Å²) in [7, 11) is -2.21. The van der Waals surface area contributed by atoms with Crippen molar-refractivity contribution in [1.29, 1.82) is 0 Å². The molecule has 17 heavy (non-hydrogen) atoms. The molecule has 0 heterocycles. The molecule has 0 aliphatic rings. The molecular weight excluding hydrogens is 268 g/mol. The van der Waals surface area contributed by atoms with E-state index in [0.717, 1.165) is 0 Å². The molecule has 0 aromatic heterocycles. The first kappa shape index (κ1) is 13.8. The summed E-state index contributed by atoms with van der Waals surface area (Å²) in [5, 5.41) is 8.62. The summed E-state index contributed by atoms with van der Waals surface area (Å²) < 4.78 is 28.3. The molecule has 0 fully saturated rings. The molecule has 1 aromatic rings. The van der Waals surface area contributed by atoms with E-state index < -0.39 is 28.0 Å². The van der Waals surface area contributed by atoms with Gasteiger partial charge < -0.3 is 9.84 Å². The van der Waals surface area contributed by atoms with Gasteiger partial charge in [0.05, 0.1) is 29.2 Å². The number of halogens is 1. The fourth-order valence-electron chi connectivity index (χ4n) is 1.18. The van der Waals surface area contributed by atoms with Gasteiger partial charge in [0.2, 0.25) is 0 Å². The summed E-state index contributed by atoms with van der Waals surface area (Å²) in [6, 6.07) is 4.01. The molecule has 0 saturated carbocycles. The highest BCUT2D eigenvalue weighted by Gasteiger charge is 2.17. The van der Waals surface area contributed by atoms with Crippen LogP contribution in [0.15, 0.2) is 23.1 Å². The van der Waals surface area contributed by atoms with Crippen LogP contribution in [0, 0.1) is 0 Å². The number of carboxylic acid groups (broad SMARTS) is 1. The number of carbonyl (C=O) groups is 1. The first-order valence-corrected chi connectivity index (χ1v) is 6.68. The van der Waals surface area contributed by atoms with Crippen LogP contribution in [0.3, 0.4) is 0 Å². The molecular formula is C10H11ClO5S. The van der Waals surface area contributed by atoms with E-state index >= 15 is 0 Å². The van der Waals surface area contributed by atoms with Crippen molar-refractivity contribution in [3.63, 3.8) is 0 Å². The summed E-state index contributed by atoms with van der Waals surface area (Å²) in [4.78, 5) is 10.3. The van der Waals surface area contributed by atoms with Gasteiger partial charge in [0, 0.05) is 0 Å². The smallest absolute Gasteiger partial charge is 0.304 e. The van der Waals surface area contributed by atoms with Crippen LogP contribution in [-0.2, 0) is 14.6 Å². The zero-order valence-corrected chi connectivity index (χ0v) is 10.6. The molecule has 1 aromatic carbocycles. The minimum absolute atomic E-state index is 0.00968. The Morgan fingerprint density at radius 2 is 2.12 bits per heavy atom. The third-order valence-corrected chi connectivity index (χ3v) is 4.08. The van der Waals surface area contributed by atoms with Gasteiger partial charge in [-0.1, -0.05) is 11.6 Å². The minimum Gasteiger partial charge on any atom is -0.495 e. The van der Waals surface area contributed by atoms with Gasteiger partial charge in [-0.2, -0.15) is 0 Å². The molecule has 0 radical (unpaired) electrons. The predicted molar refractivity (Wildman–Crippen MR) is 62.3 cm³/mol. The second-order valence-electron chi connectivity index (χ2n) is 3.26. The minimum atomic E-state index is -3.62. The monoisotopic (exact) mass is 278 g/mol. The maximum Gasteiger partial charge on any atom is 0.304 e. The van der Waals surface area contributed by atoms with E-state index in [1.165, 1.54) is 25.3 Å². The van der Waals surface area contributed by atoms with E-state index in [-0.39, 0.29) is 9.92 Å². The van der Waals surface area contributed by atoms with Gasteiger partial charge in [-0.25, -0.2) is 8.42 Å². The van der Waals surface area contributed by atoms with Crippen molar-refractivity contribution in [1.82, 2.24) is 0 Å². The van der Waals surface area contributed by atoms with Crippen LogP contribution in [0.2, 0.25) is 5.02 Å². The maximum absolute atomic E-state index is 11.7. The van der Waals surface area contributed by atoms with E-state index in [1.807, 2.05) is 0 Å². The topological polar surface area (TPSA) is 80.7 Å². The number of hydrogen-bond acceptors (Lipinski definition) is 4. The van der Waals surface area contributed by atoms with Gasteiger partial charge in [-0.3, -0.25) is 4.79 Å². The van der Waals surface area contributed by atoms with Crippen molar-refractivity contribution in [2.75, 3.05) is 12.9 Å².